The molecule has 2 aromatic rings. The molecule has 0 atom stereocenters. The van der Waals surface area contributed by atoms with Gasteiger partial charge in [0.05, 0.1) is 0 Å². The summed E-state index contributed by atoms with van der Waals surface area (Å²) in [4.78, 5) is 9.58. The Bertz CT molecular complexity index is 830. The van der Waals surface area contributed by atoms with E-state index in [9.17, 15) is 0 Å². The van der Waals surface area contributed by atoms with Gasteiger partial charge in [0.25, 0.3) is 0 Å². The quantitative estimate of drug-likeness (QED) is 0.375. The third kappa shape index (κ3) is 5.33. The molecular weight excluding hydrogens is 501 g/mol. The number of anilines is 1. The molecule has 7 nitrogen and oxygen atoms in total. The molecule has 1 fully saturated rings. The number of nitrogens with one attached hydrogen (secondary N) is 1. The van der Waals surface area contributed by atoms with E-state index in [1.165, 1.54) is 18.5 Å². The number of rotatable bonds is 4. The lowest BCUT2D eigenvalue weighted by Crippen LogP contribution is -2.52. The van der Waals surface area contributed by atoms with Crippen molar-refractivity contribution in [1.29, 1.82) is 0 Å². The van der Waals surface area contributed by atoms with Gasteiger partial charge in [0, 0.05) is 56.4 Å². The molecule has 0 amide bonds. The average molecular weight is 530 g/mol. The van der Waals surface area contributed by atoms with Crippen LogP contribution in [0.5, 0.6) is 0 Å². The van der Waals surface area contributed by atoms with Gasteiger partial charge in [-0.05, 0) is 38.0 Å². The van der Waals surface area contributed by atoms with Crippen LogP contribution in [0.1, 0.15) is 31.4 Å². The van der Waals surface area contributed by atoms with Gasteiger partial charge in [0.15, 0.2) is 11.8 Å². The lowest BCUT2D eigenvalue weighted by atomic mass is 10.2. The maximum atomic E-state index is 6.15. The van der Waals surface area contributed by atoms with Crippen molar-refractivity contribution in [3.05, 3.63) is 40.9 Å². The SMILES string of the molecule is CCNC(=NCc1nnc2n1CCCC2)N1CCN(c2cccc(Cl)c2)CC1.I. The molecule has 0 aliphatic carbocycles. The van der Waals surface area contributed by atoms with Crippen molar-refractivity contribution in [1.82, 2.24) is 25.0 Å². The van der Waals surface area contributed by atoms with Crippen LogP contribution in [0.25, 0.3) is 0 Å². The molecule has 4 rings (SSSR count). The second kappa shape index (κ2) is 10.5. The predicted molar refractivity (Wildman–Crippen MR) is 128 cm³/mol. The van der Waals surface area contributed by atoms with Crippen LogP contribution >= 0.6 is 35.6 Å². The summed E-state index contributed by atoms with van der Waals surface area (Å²) >= 11 is 6.15. The van der Waals surface area contributed by atoms with E-state index in [1.807, 2.05) is 18.2 Å². The Morgan fingerprint density at radius 3 is 2.72 bits per heavy atom. The Balaban J connectivity index is 0.00000240. The third-order valence-corrected chi connectivity index (χ3v) is 5.63. The van der Waals surface area contributed by atoms with Gasteiger partial charge in [-0.15, -0.1) is 34.2 Å². The Morgan fingerprint density at radius 1 is 1.14 bits per heavy atom. The fourth-order valence-electron chi connectivity index (χ4n) is 3.91. The van der Waals surface area contributed by atoms with E-state index in [0.29, 0.717) is 6.54 Å². The number of nitrogens with zero attached hydrogens (tertiary/aromatic N) is 6. The van der Waals surface area contributed by atoms with Crippen LogP contribution in [0.15, 0.2) is 29.3 Å². The first-order chi connectivity index (χ1) is 13.7. The summed E-state index contributed by atoms with van der Waals surface area (Å²) in [6.45, 7) is 8.30. The third-order valence-electron chi connectivity index (χ3n) is 5.39. The highest BCUT2D eigenvalue weighted by Crippen LogP contribution is 2.21. The zero-order chi connectivity index (χ0) is 19.3. The van der Waals surface area contributed by atoms with E-state index >= 15 is 0 Å². The van der Waals surface area contributed by atoms with E-state index in [-0.39, 0.29) is 24.0 Å². The lowest BCUT2D eigenvalue weighted by Gasteiger charge is -2.37. The number of piperazine rings is 1. The topological polar surface area (TPSA) is 61.6 Å². The van der Waals surface area contributed by atoms with E-state index in [1.54, 1.807) is 0 Å². The van der Waals surface area contributed by atoms with Crippen molar-refractivity contribution in [2.45, 2.75) is 39.3 Å². The molecule has 0 bridgehead atoms. The number of aliphatic imine (C=N–C) groups is 1. The van der Waals surface area contributed by atoms with Gasteiger partial charge in [-0.25, -0.2) is 4.99 Å². The van der Waals surface area contributed by atoms with Gasteiger partial charge in [0.1, 0.15) is 12.4 Å². The number of guanidine groups is 1. The van der Waals surface area contributed by atoms with E-state index in [2.05, 4.69) is 42.9 Å². The molecule has 2 aliphatic rings. The zero-order valence-corrected chi connectivity index (χ0v) is 19.9. The van der Waals surface area contributed by atoms with Gasteiger partial charge >= 0.3 is 0 Å². The molecule has 0 saturated carbocycles. The van der Waals surface area contributed by atoms with Gasteiger partial charge in [-0.3, -0.25) is 0 Å². The van der Waals surface area contributed by atoms with Gasteiger partial charge < -0.3 is 19.7 Å². The molecule has 0 radical (unpaired) electrons. The Labute approximate surface area is 194 Å². The van der Waals surface area contributed by atoms with Crippen molar-refractivity contribution in [3.63, 3.8) is 0 Å². The monoisotopic (exact) mass is 529 g/mol. The molecule has 0 unspecified atom stereocenters. The highest BCUT2D eigenvalue weighted by atomic mass is 127. The van der Waals surface area contributed by atoms with Crippen molar-refractivity contribution in [3.8, 4) is 0 Å². The van der Waals surface area contributed by atoms with E-state index in [0.717, 1.165) is 68.3 Å². The van der Waals surface area contributed by atoms with Crippen molar-refractivity contribution < 1.29 is 0 Å². The highest BCUT2D eigenvalue weighted by Gasteiger charge is 2.21. The second-order valence-corrected chi connectivity index (χ2v) is 7.70. The molecule has 1 N–H and O–H groups in total. The Morgan fingerprint density at radius 2 is 1.97 bits per heavy atom. The summed E-state index contributed by atoms with van der Waals surface area (Å²) in [5, 5.41) is 12.9. The standard InChI is InChI=1S/C20H28ClN7.HI/c1-2-22-20(23-15-19-25-24-18-8-3-4-9-28(18)19)27-12-10-26(11-13-27)17-7-5-6-16(21)14-17;/h5-7,14H,2-4,8-13,15H2,1H3,(H,22,23);1H. The van der Waals surface area contributed by atoms with Crippen LogP contribution in [-0.4, -0.2) is 58.3 Å². The molecule has 2 aliphatic heterocycles. The second-order valence-electron chi connectivity index (χ2n) is 7.27. The van der Waals surface area contributed by atoms with Crippen LogP contribution in [0.3, 0.4) is 0 Å². The van der Waals surface area contributed by atoms with Crippen molar-refractivity contribution in [2.24, 2.45) is 4.99 Å². The molecule has 1 saturated heterocycles. The van der Waals surface area contributed by atoms with Crippen molar-refractivity contribution in [2.75, 3.05) is 37.6 Å². The zero-order valence-electron chi connectivity index (χ0n) is 16.8. The highest BCUT2D eigenvalue weighted by molar-refractivity contribution is 14.0. The van der Waals surface area contributed by atoms with Crippen LogP contribution in [0.2, 0.25) is 5.02 Å². The first kappa shape index (κ1) is 22.1. The molecule has 9 heteroatoms. The normalized spacial score (nSPS) is 17.0. The smallest absolute Gasteiger partial charge is 0.194 e. The first-order valence-corrected chi connectivity index (χ1v) is 10.6. The summed E-state index contributed by atoms with van der Waals surface area (Å²) in [5.74, 6) is 3.04. The Hall–Kier alpha value is -1.55. The van der Waals surface area contributed by atoms with E-state index < -0.39 is 0 Å². The summed E-state index contributed by atoms with van der Waals surface area (Å²) in [7, 11) is 0. The van der Waals surface area contributed by atoms with Gasteiger partial charge in [-0.1, -0.05) is 17.7 Å². The van der Waals surface area contributed by atoms with Crippen LogP contribution in [0, 0.1) is 0 Å². The number of hydrogen-bond acceptors (Lipinski definition) is 4. The molecular formula is C20H29ClIN7. The number of aromatic nitrogens is 3. The predicted octanol–water partition coefficient (Wildman–Crippen LogP) is 3.17. The van der Waals surface area contributed by atoms with Crippen LogP contribution in [0.4, 0.5) is 5.69 Å². The largest absolute Gasteiger partial charge is 0.368 e. The summed E-state index contributed by atoms with van der Waals surface area (Å²) < 4.78 is 2.24. The lowest BCUT2D eigenvalue weighted by molar-refractivity contribution is 0.372. The molecule has 29 heavy (non-hydrogen) atoms. The summed E-state index contributed by atoms with van der Waals surface area (Å²) in [6.07, 6.45) is 3.44. The number of benzene rings is 1. The summed E-state index contributed by atoms with van der Waals surface area (Å²) in [6, 6.07) is 8.08. The number of hydrogen-bond donors (Lipinski definition) is 1. The minimum Gasteiger partial charge on any atom is -0.368 e. The first-order valence-electron chi connectivity index (χ1n) is 10.2. The minimum atomic E-state index is 0. The number of aryl methyl sites for hydroxylation is 1. The molecule has 158 valence electrons. The fraction of sp³-hybridized carbons (Fsp3) is 0.550. The molecule has 1 aromatic heterocycles. The van der Waals surface area contributed by atoms with E-state index in [4.69, 9.17) is 16.6 Å². The maximum Gasteiger partial charge on any atom is 0.194 e. The van der Waals surface area contributed by atoms with Crippen molar-refractivity contribution >= 4 is 47.2 Å². The fourth-order valence-corrected chi connectivity index (χ4v) is 4.09. The van der Waals surface area contributed by atoms with Crippen LogP contribution in [-0.2, 0) is 19.5 Å². The summed E-state index contributed by atoms with van der Waals surface area (Å²) in [5.41, 5.74) is 1.18. The van der Waals surface area contributed by atoms with Gasteiger partial charge in [-0.2, -0.15) is 0 Å². The molecule has 0 spiro atoms. The number of halogens is 2. The van der Waals surface area contributed by atoms with Gasteiger partial charge in [0.2, 0.25) is 0 Å². The van der Waals surface area contributed by atoms with Crippen LogP contribution < -0.4 is 10.2 Å². The molecule has 1 aromatic carbocycles. The Kier molecular flexibility index (Phi) is 7.99. The minimum absolute atomic E-state index is 0. The average Bonchev–Trinajstić information content (AvgIpc) is 3.14. The maximum absolute atomic E-state index is 6.15. The molecule has 3 heterocycles. The number of fused-ring (bicyclic) bond motifs is 1.